The van der Waals surface area contributed by atoms with Crippen LogP contribution in [0.1, 0.15) is 19.8 Å². The fourth-order valence-corrected chi connectivity index (χ4v) is 1.56. The topological polar surface area (TPSA) is 24.7 Å². The molecule has 70 valence electrons. The molecule has 1 heterocycles. The van der Waals surface area contributed by atoms with Gasteiger partial charge in [0.2, 0.25) is 0 Å². The van der Waals surface area contributed by atoms with Gasteiger partial charge in [0.1, 0.15) is 6.44 Å². The smallest absolute Gasteiger partial charge is 0.390 e. The van der Waals surface area contributed by atoms with Crippen molar-refractivity contribution in [3.8, 4) is 0 Å². The van der Waals surface area contributed by atoms with Crippen molar-refractivity contribution in [3.63, 3.8) is 0 Å². The van der Waals surface area contributed by atoms with Crippen LogP contribution in [0.2, 0.25) is 0 Å². The largest absolute Gasteiger partial charge is 0.592 e. The van der Waals surface area contributed by atoms with Gasteiger partial charge in [-0.1, -0.05) is 0 Å². The Morgan fingerprint density at radius 3 is 2.33 bits per heavy atom. The van der Waals surface area contributed by atoms with Crippen molar-refractivity contribution >= 4 is 7.27 Å². The van der Waals surface area contributed by atoms with Gasteiger partial charge in [-0.2, -0.15) is 0 Å². The Bertz CT molecular complexity index is 144. The normalized spacial score (nSPS) is 36.5. The predicted octanol–water partition coefficient (Wildman–Crippen LogP) is -0.618. The summed E-state index contributed by atoms with van der Waals surface area (Å²) in [6.45, 7) is 3.10. The average Bonchev–Trinajstić information content (AvgIpc) is 1.93. The summed E-state index contributed by atoms with van der Waals surface area (Å²) in [7, 11) is -2.22. The first-order valence-corrected chi connectivity index (χ1v) is 4.34. The van der Waals surface area contributed by atoms with E-state index in [0.29, 0.717) is 25.9 Å². The fourth-order valence-electron chi connectivity index (χ4n) is 1.56. The first-order valence-electron chi connectivity index (χ1n) is 4.34. The van der Waals surface area contributed by atoms with Crippen LogP contribution in [0.15, 0.2) is 0 Å². The molecule has 0 spiro atoms. The Hall–Kier alpha value is -0.155. The van der Waals surface area contributed by atoms with Crippen molar-refractivity contribution in [2.75, 3.05) is 19.5 Å². The first-order chi connectivity index (χ1) is 5.49. The number of hydrogen-bond acceptors (Lipinski definition) is 1. The van der Waals surface area contributed by atoms with Crippen LogP contribution >= 0.6 is 0 Å². The molecule has 1 aliphatic heterocycles. The minimum absolute atomic E-state index is 0.0733. The second kappa shape index (κ2) is 3.70. The summed E-state index contributed by atoms with van der Waals surface area (Å²) in [4.78, 5) is 0.913. The average molecular weight is 178 g/mol. The molecule has 0 unspecified atom stereocenters. The second-order valence-electron chi connectivity index (χ2n) is 3.84. The number of hydrogen-bond donors (Lipinski definition) is 2. The van der Waals surface area contributed by atoms with E-state index in [1.54, 1.807) is 6.92 Å². The quantitative estimate of drug-likeness (QED) is 0.541. The molecule has 0 aromatic carbocycles. The molecule has 0 radical (unpaired) electrons. The van der Waals surface area contributed by atoms with Gasteiger partial charge in [-0.25, -0.2) is 0 Å². The standard InChI is InChI=1S/C7H14BF2NO/c1-7(12)2-4-11(5-3-7)6-8(9)10/h12H,2-6H2,1H3/p+1. The Balaban J connectivity index is 2.27. The highest BCUT2D eigenvalue weighted by atomic mass is 19.2. The maximum atomic E-state index is 11.9. The van der Waals surface area contributed by atoms with E-state index in [2.05, 4.69) is 0 Å². The summed E-state index contributed by atoms with van der Waals surface area (Å²) >= 11 is 0. The highest BCUT2D eigenvalue weighted by Gasteiger charge is 2.32. The van der Waals surface area contributed by atoms with Crippen molar-refractivity contribution in [1.82, 2.24) is 0 Å². The van der Waals surface area contributed by atoms with Gasteiger partial charge in [0.25, 0.3) is 0 Å². The summed E-state index contributed by atoms with van der Waals surface area (Å²) in [5.41, 5.74) is -0.619. The number of nitrogens with one attached hydrogen (secondary N) is 1. The van der Waals surface area contributed by atoms with E-state index in [9.17, 15) is 13.7 Å². The van der Waals surface area contributed by atoms with Gasteiger partial charge in [-0.3, -0.25) is 8.63 Å². The fraction of sp³-hybridized carbons (Fsp3) is 1.00. The molecule has 12 heavy (non-hydrogen) atoms. The third-order valence-electron chi connectivity index (χ3n) is 2.48. The molecule has 2 N–H and O–H groups in total. The Morgan fingerprint density at radius 1 is 1.42 bits per heavy atom. The summed E-state index contributed by atoms with van der Waals surface area (Å²) in [6, 6.07) is 0. The Labute approximate surface area is 71.7 Å². The van der Waals surface area contributed by atoms with Gasteiger partial charge in [-0.15, -0.1) is 0 Å². The molecule has 1 rings (SSSR count). The highest BCUT2D eigenvalue weighted by Crippen LogP contribution is 2.13. The lowest BCUT2D eigenvalue weighted by Gasteiger charge is -2.32. The zero-order chi connectivity index (χ0) is 9.19. The summed E-state index contributed by atoms with van der Waals surface area (Å²) in [5.74, 6) is 0. The minimum Gasteiger partial charge on any atom is -0.390 e. The molecule has 0 aromatic heterocycles. The molecule has 0 aromatic rings. The van der Waals surface area contributed by atoms with Gasteiger partial charge in [0.15, 0.2) is 0 Å². The predicted molar refractivity (Wildman–Crippen MR) is 43.4 cm³/mol. The SMILES string of the molecule is CC1(O)CC[NH+](CB(F)F)CC1. The summed E-state index contributed by atoms with van der Waals surface area (Å²) in [6.07, 6.45) is 1.19. The van der Waals surface area contributed by atoms with Crippen LogP contribution in [0.25, 0.3) is 0 Å². The number of piperidine rings is 1. The molecule has 0 saturated carbocycles. The van der Waals surface area contributed by atoms with E-state index in [1.807, 2.05) is 0 Å². The maximum absolute atomic E-state index is 11.9. The van der Waals surface area contributed by atoms with E-state index >= 15 is 0 Å². The molecule has 0 amide bonds. The van der Waals surface area contributed by atoms with Gasteiger partial charge in [-0.05, 0) is 6.92 Å². The van der Waals surface area contributed by atoms with Crippen molar-refractivity contribution in [2.45, 2.75) is 25.4 Å². The van der Waals surface area contributed by atoms with E-state index in [-0.39, 0.29) is 6.44 Å². The molecule has 0 atom stereocenters. The molecule has 0 bridgehead atoms. The highest BCUT2D eigenvalue weighted by molar-refractivity contribution is 6.42. The van der Waals surface area contributed by atoms with E-state index in [4.69, 9.17) is 0 Å². The summed E-state index contributed by atoms with van der Waals surface area (Å²) in [5, 5.41) is 9.53. The zero-order valence-electron chi connectivity index (χ0n) is 7.32. The third-order valence-corrected chi connectivity index (χ3v) is 2.48. The van der Waals surface area contributed by atoms with Crippen LogP contribution in [-0.4, -0.2) is 37.5 Å². The van der Waals surface area contributed by atoms with Crippen LogP contribution < -0.4 is 4.90 Å². The number of likely N-dealkylation sites (tertiary alicyclic amines) is 1. The van der Waals surface area contributed by atoms with Crippen LogP contribution in [0.4, 0.5) is 8.63 Å². The molecular formula is C7H15BF2NO+. The van der Waals surface area contributed by atoms with Gasteiger partial charge in [0, 0.05) is 12.8 Å². The number of rotatable bonds is 2. The zero-order valence-corrected chi connectivity index (χ0v) is 7.32. The molecule has 0 aliphatic carbocycles. The van der Waals surface area contributed by atoms with Crippen molar-refractivity contribution in [3.05, 3.63) is 0 Å². The van der Waals surface area contributed by atoms with Crippen LogP contribution in [0.3, 0.4) is 0 Å². The molecule has 5 heteroatoms. The van der Waals surface area contributed by atoms with Crippen molar-refractivity contribution in [2.24, 2.45) is 0 Å². The van der Waals surface area contributed by atoms with E-state index in [0.717, 1.165) is 4.90 Å². The first kappa shape index (κ1) is 9.93. The Kier molecular flexibility index (Phi) is 3.07. The second-order valence-corrected chi connectivity index (χ2v) is 3.84. The molecule has 1 saturated heterocycles. The van der Waals surface area contributed by atoms with Crippen LogP contribution in [0.5, 0.6) is 0 Å². The summed E-state index contributed by atoms with van der Waals surface area (Å²) < 4.78 is 23.9. The minimum atomic E-state index is -2.22. The lowest BCUT2D eigenvalue weighted by atomic mass is 9.90. The maximum Gasteiger partial charge on any atom is 0.592 e. The lowest BCUT2D eigenvalue weighted by Crippen LogP contribution is -3.14. The lowest BCUT2D eigenvalue weighted by molar-refractivity contribution is -0.897. The Morgan fingerprint density at radius 2 is 1.92 bits per heavy atom. The number of halogens is 2. The molecular weight excluding hydrogens is 163 g/mol. The van der Waals surface area contributed by atoms with Gasteiger partial charge >= 0.3 is 7.27 Å². The molecule has 1 fully saturated rings. The van der Waals surface area contributed by atoms with Crippen molar-refractivity contribution in [1.29, 1.82) is 0 Å². The van der Waals surface area contributed by atoms with Crippen LogP contribution in [0, 0.1) is 0 Å². The number of quaternary nitrogens is 1. The number of aliphatic hydroxyl groups is 1. The van der Waals surface area contributed by atoms with Crippen LogP contribution in [-0.2, 0) is 0 Å². The molecule has 1 aliphatic rings. The van der Waals surface area contributed by atoms with Gasteiger partial charge < -0.3 is 10.0 Å². The third kappa shape index (κ3) is 3.07. The van der Waals surface area contributed by atoms with Crippen molar-refractivity contribution < 1.29 is 18.6 Å². The molecule has 2 nitrogen and oxygen atoms in total. The monoisotopic (exact) mass is 178 g/mol. The van der Waals surface area contributed by atoms with E-state index < -0.39 is 12.9 Å². The van der Waals surface area contributed by atoms with Gasteiger partial charge in [0.05, 0.1) is 18.7 Å². The van der Waals surface area contributed by atoms with E-state index in [1.165, 1.54) is 0 Å².